The quantitative estimate of drug-likeness (QED) is 0.687. The lowest BCUT2D eigenvalue weighted by Gasteiger charge is -2.23. The molecule has 0 atom stereocenters. The highest BCUT2D eigenvalue weighted by atomic mass is 19.1. The van der Waals surface area contributed by atoms with Crippen LogP contribution in [-0.4, -0.2) is 62.5 Å². The summed E-state index contributed by atoms with van der Waals surface area (Å²) in [5.41, 5.74) is 0.0252. The Bertz CT molecular complexity index is 506. The van der Waals surface area contributed by atoms with Gasteiger partial charge in [-0.15, -0.1) is 0 Å². The Balaban J connectivity index is 2.76. The zero-order valence-electron chi connectivity index (χ0n) is 13.3. The van der Waals surface area contributed by atoms with Crippen LogP contribution >= 0.6 is 0 Å². The van der Waals surface area contributed by atoms with Gasteiger partial charge in [-0.1, -0.05) is 12.1 Å². The SMILES string of the molecule is COC(=O)CCN(CCCN(C)C)C(=O)c1ccccc1F. The van der Waals surface area contributed by atoms with Crippen molar-refractivity contribution in [3.8, 4) is 0 Å². The van der Waals surface area contributed by atoms with Gasteiger partial charge in [0.05, 0.1) is 19.1 Å². The van der Waals surface area contributed by atoms with Crippen molar-refractivity contribution in [2.75, 3.05) is 40.8 Å². The summed E-state index contributed by atoms with van der Waals surface area (Å²) in [7, 11) is 5.19. The van der Waals surface area contributed by atoms with Crippen LogP contribution in [0.25, 0.3) is 0 Å². The highest BCUT2D eigenvalue weighted by molar-refractivity contribution is 5.94. The van der Waals surface area contributed by atoms with Gasteiger partial charge in [0.1, 0.15) is 5.82 Å². The first-order valence-electron chi connectivity index (χ1n) is 7.21. The normalized spacial score (nSPS) is 10.6. The molecule has 0 bridgehead atoms. The molecule has 0 aliphatic heterocycles. The summed E-state index contributed by atoms with van der Waals surface area (Å²) in [6.45, 7) is 1.48. The molecule has 122 valence electrons. The number of nitrogens with zero attached hydrogens (tertiary/aromatic N) is 2. The summed E-state index contributed by atoms with van der Waals surface area (Å²) in [6, 6.07) is 5.87. The molecule has 1 amide bonds. The lowest BCUT2D eigenvalue weighted by atomic mass is 10.1. The first-order valence-corrected chi connectivity index (χ1v) is 7.21. The topological polar surface area (TPSA) is 49.9 Å². The molecule has 1 rings (SSSR count). The Morgan fingerprint density at radius 1 is 1.14 bits per heavy atom. The lowest BCUT2D eigenvalue weighted by molar-refractivity contribution is -0.140. The van der Waals surface area contributed by atoms with E-state index in [1.54, 1.807) is 6.07 Å². The second kappa shape index (κ2) is 9.15. The van der Waals surface area contributed by atoms with Crippen LogP contribution in [0.3, 0.4) is 0 Å². The van der Waals surface area contributed by atoms with Crippen molar-refractivity contribution in [2.45, 2.75) is 12.8 Å². The smallest absolute Gasteiger partial charge is 0.307 e. The predicted octanol–water partition coefficient (Wildman–Crippen LogP) is 1.78. The van der Waals surface area contributed by atoms with Crippen LogP contribution in [-0.2, 0) is 9.53 Å². The number of ether oxygens (including phenoxy) is 1. The lowest BCUT2D eigenvalue weighted by Crippen LogP contribution is -2.35. The fourth-order valence-electron chi connectivity index (χ4n) is 2.03. The van der Waals surface area contributed by atoms with Crippen LogP contribution in [0.1, 0.15) is 23.2 Å². The van der Waals surface area contributed by atoms with Gasteiger partial charge in [-0.05, 0) is 39.2 Å². The van der Waals surface area contributed by atoms with E-state index in [1.165, 1.54) is 30.2 Å². The molecule has 0 spiro atoms. The Morgan fingerprint density at radius 3 is 2.41 bits per heavy atom. The maximum atomic E-state index is 13.8. The van der Waals surface area contributed by atoms with Gasteiger partial charge in [-0.2, -0.15) is 0 Å². The minimum Gasteiger partial charge on any atom is -0.469 e. The first kappa shape index (κ1) is 18.1. The maximum Gasteiger partial charge on any atom is 0.307 e. The number of hydrogen-bond donors (Lipinski definition) is 0. The number of esters is 1. The molecule has 0 saturated carbocycles. The van der Waals surface area contributed by atoms with E-state index >= 15 is 0 Å². The highest BCUT2D eigenvalue weighted by Gasteiger charge is 2.19. The second-order valence-corrected chi connectivity index (χ2v) is 5.26. The minimum absolute atomic E-state index is 0.0252. The average molecular weight is 310 g/mol. The number of carbonyl (C=O) groups is 2. The third-order valence-corrected chi connectivity index (χ3v) is 3.24. The van der Waals surface area contributed by atoms with Gasteiger partial charge in [0.2, 0.25) is 0 Å². The third kappa shape index (κ3) is 5.81. The standard InChI is InChI=1S/C16H23FN2O3/c1-18(2)10-6-11-19(12-9-15(20)22-3)16(21)13-7-4-5-8-14(13)17/h4-5,7-8H,6,9-12H2,1-3H3. The van der Waals surface area contributed by atoms with Gasteiger partial charge >= 0.3 is 5.97 Å². The van der Waals surface area contributed by atoms with Gasteiger partial charge < -0.3 is 14.5 Å². The number of hydrogen-bond acceptors (Lipinski definition) is 4. The monoisotopic (exact) mass is 310 g/mol. The van der Waals surface area contributed by atoms with Crippen LogP contribution in [0.4, 0.5) is 4.39 Å². The van der Waals surface area contributed by atoms with E-state index in [4.69, 9.17) is 0 Å². The van der Waals surface area contributed by atoms with Gasteiger partial charge in [0.25, 0.3) is 5.91 Å². The largest absolute Gasteiger partial charge is 0.469 e. The van der Waals surface area contributed by atoms with Crippen molar-refractivity contribution in [3.05, 3.63) is 35.6 Å². The van der Waals surface area contributed by atoms with Crippen molar-refractivity contribution < 1.29 is 18.7 Å². The van der Waals surface area contributed by atoms with Gasteiger partial charge in [-0.3, -0.25) is 9.59 Å². The molecule has 0 N–H and O–H groups in total. The predicted molar refractivity (Wildman–Crippen MR) is 82.1 cm³/mol. The van der Waals surface area contributed by atoms with Gasteiger partial charge in [0.15, 0.2) is 0 Å². The zero-order chi connectivity index (χ0) is 16.5. The van der Waals surface area contributed by atoms with E-state index in [9.17, 15) is 14.0 Å². The Kier molecular flexibility index (Phi) is 7.52. The molecule has 1 aromatic carbocycles. The number of halogens is 1. The molecule has 0 heterocycles. The molecule has 0 fully saturated rings. The Morgan fingerprint density at radius 2 is 1.82 bits per heavy atom. The Labute approximate surface area is 130 Å². The molecule has 6 heteroatoms. The van der Waals surface area contributed by atoms with Crippen LogP contribution in [0.15, 0.2) is 24.3 Å². The number of benzene rings is 1. The molecule has 5 nitrogen and oxygen atoms in total. The molecule has 0 saturated heterocycles. The first-order chi connectivity index (χ1) is 10.5. The molecular weight excluding hydrogens is 287 g/mol. The molecule has 0 aliphatic carbocycles. The van der Waals surface area contributed by atoms with E-state index in [0.29, 0.717) is 6.54 Å². The van der Waals surface area contributed by atoms with Gasteiger partial charge in [0, 0.05) is 13.1 Å². The molecule has 0 unspecified atom stereocenters. The molecule has 1 aromatic rings. The second-order valence-electron chi connectivity index (χ2n) is 5.26. The molecule has 0 radical (unpaired) electrons. The number of amides is 1. The highest BCUT2D eigenvalue weighted by Crippen LogP contribution is 2.11. The van der Waals surface area contributed by atoms with Crippen molar-refractivity contribution in [1.82, 2.24) is 9.80 Å². The van der Waals surface area contributed by atoms with E-state index in [2.05, 4.69) is 4.74 Å². The summed E-state index contributed by atoms with van der Waals surface area (Å²) in [5.74, 6) is -1.34. The van der Waals surface area contributed by atoms with E-state index < -0.39 is 11.7 Å². The fraction of sp³-hybridized carbons (Fsp3) is 0.500. The summed E-state index contributed by atoms with van der Waals surface area (Å²) >= 11 is 0. The fourth-order valence-corrected chi connectivity index (χ4v) is 2.03. The molecule has 22 heavy (non-hydrogen) atoms. The molecular formula is C16H23FN2O3. The average Bonchev–Trinajstić information content (AvgIpc) is 2.49. The van der Waals surface area contributed by atoms with E-state index in [1.807, 2.05) is 19.0 Å². The summed E-state index contributed by atoms with van der Waals surface area (Å²) in [5, 5.41) is 0. The Hall–Kier alpha value is -1.95. The molecule has 0 aromatic heterocycles. The molecule has 0 aliphatic rings. The number of methoxy groups -OCH3 is 1. The zero-order valence-corrected chi connectivity index (χ0v) is 13.3. The van der Waals surface area contributed by atoms with Crippen molar-refractivity contribution in [2.24, 2.45) is 0 Å². The number of rotatable bonds is 8. The number of carbonyl (C=O) groups excluding carboxylic acids is 2. The van der Waals surface area contributed by atoms with Crippen molar-refractivity contribution in [3.63, 3.8) is 0 Å². The summed E-state index contributed by atoms with van der Waals surface area (Å²) in [6.07, 6.45) is 0.840. The van der Waals surface area contributed by atoms with Crippen LogP contribution in [0.5, 0.6) is 0 Å². The van der Waals surface area contributed by atoms with Crippen LogP contribution in [0, 0.1) is 5.82 Å². The summed E-state index contributed by atoms with van der Waals surface area (Å²) < 4.78 is 18.4. The van der Waals surface area contributed by atoms with Crippen molar-refractivity contribution >= 4 is 11.9 Å². The van der Waals surface area contributed by atoms with E-state index in [-0.39, 0.29) is 24.5 Å². The minimum atomic E-state index is -0.553. The van der Waals surface area contributed by atoms with Crippen LogP contribution in [0.2, 0.25) is 0 Å². The van der Waals surface area contributed by atoms with E-state index in [0.717, 1.165) is 13.0 Å². The van der Waals surface area contributed by atoms with Crippen molar-refractivity contribution in [1.29, 1.82) is 0 Å². The van der Waals surface area contributed by atoms with Gasteiger partial charge in [-0.25, -0.2) is 4.39 Å². The summed E-state index contributed by atoms with van der Waals surface area (Å²) in [4.78, 5) is 27.2. The third-order valence-electron chi connectivity index (χ3n) is 3.24. The maximum absolute atomic E-state index is 13.8. The van der Waals surface area contributed by atoms with Crippen LogP contribution < -0.4 is 0 Å².